The lowest BCUT2D eigenvalue weighted by Crippen LogP contribution is -2.43. The molecule has 18 heavy (non-hydrogen) atoms. The Labute approximate surface area is 104 Å². The molecule has 2 N–H and O–H groups in total. The molecule has 8 nitrogen and oxygen atoms in total. The van der Waals surface area contributed by atoms with Gasteiger partial charge in [0.2, 0.25) is 0 Å². The van der Waals surface area contributed by atoms with E-state index in [0.717, 1.165) is 0 Å². The number of rotatable bonds is 6. The molecule has 8 heteroatoms. The minimum absolute atomic E-state index is 0.172. The van der Waals surface area contributed by atoms with Gasteiger partial charge in [0.25, 0.3) is 0 Å². The number of amides is 2. The van der Waals surface area contributed by atoms with Crippen molar-refractivity contribution in [1.82, 2.24) is 25.0 Å². The maximum atomic E-state index is 12.0. The minimum atomic E-state index is -1.07. The number of nitrogens with one attached hydrogen (secondary N) is 1. The second-order valence-electron chi connectivity index (χ2n) is 3.63. The summed E-state index contributed by atoms with van der Waals surface area (Å²) in [6, 6.07) is -0.409. The van der Waals surface area contributed by atoms with Crippen molar-refractivity contribution in [2.24, 2.45) is 0 Å². The van der Waals surface area contributed by atoms with Gasteiger partial charge < -0.3 is 14.9 Å². The predicted molar refractivity (Wildman–Crippen MR) is 62.7 cm³/mol. The summed E-state index contributed by atoms with van der Waals surface area (Å²) in [6.07, 6.45) is 2.82. The second kappa shape index (κ2) is 6.38. The van der Waals surface area contributed by atoms with Crippen LogP contribution in [0.4, 0.5) is 4.79 Å². The summed E-state index contributed by atoms with van der Waals surface area (Å²) in [7, 11) is 1.56. The van der Waals surface area contributed by atoms with Crippen LogP contribution in [0.2, 0.25) is 0 Å². The largest absolute Gasteiger partial charge is 0.480 e. The predicted octanol–water partition coefficient (Wildman–Crippen LogP) is -0.0709. The van der Waals surface area contributed by atoms with Gasteiger partial charge in [-0.2, -0.15) is 5.10 Å². The van der Waals surface area contributed by atoms with E-state index in [1.54, 1.807) is 7.05 Å². The smallest absolute Gasteiger partial charge is 0.323 e. The van der Waals surface area contributed by atoms with Crippen LogP contribution in [0.3, 0.4) is 0 Å². The standard InChI is InChI=1S/C10H15N5O3/c1-3-4-15(6-9(16)17)10(18)14(2)5-8-11-7-12-13-8/h3,7H,1,4-6H2,2H3,(H,16,17)(H,11,12,13). The molecule has 0 aromatic carbocycles. The highest BCUT2D eigenvalue weighted by molar-refractivity contribution is 5.80. The summed E-state index contributed by atoms with van der Waals surface area (Å²) in [5.41, 5.74) is 0. The Morgan fingerprint density at radius 3 is 2.83 bits per heavy atom. The lowest BCUT2D eigenvalue weighted by Gasteiger charge is -2.25. The highest BCUT2D eigenvalue weighted by Crippen LogP contribution is 2.01. The molecule has 0 aliphatic heterocycles. The highest BCUT2D eigenvalue weighted by Gasteiger charge is 2.19. The molecule has 0 fully saturated rings. The minimum Gasteiger partial charge on any atom is -0.480 e. The lowest BCUT2D eigenvalue weighted by molar-refractivity contribution is -0.137. The fourth-order valence-corrected chi connectivity index (χ4v) is 1.37. The average molecular weight is 253 g/mol. The molecule has 0 radical (unpaired) electrons. The van der Waals surface area contributed by atoms with Crippen LogP contribution >= 0.6 is 0 Å². The monoisotopic (exact) mass is 253 g/mol. The number of aliphatic carboxylic acids is 1. The first-order valence-corrected chi connectivity index (χ1v) is 5.21. The molecule has 2 amide bonds. The topological polar surface area (TPSA) is 102 Å². The number of H-pyrrole nitrogens is 1. The number of carbonyl (C=O) groups excluding carboxylic acids is 1. The van der Waals surface area contributed by atoms with Gasteiger partial charge in [-0.15, -0.1) is 6.58 Å². The molecule has 0 aliphatic carbocycles. The molecule has 0 bridgehead atoms. The van der Waals surface area contributed by atoms with Crippen molar-refractivity contribution in [2.75, 3.05) is 20.1 Å². The third kappa shape index (κ3) is 3.89. The molecular formula is C10H15N5O3. The van der Waals surface area contributed by atoms with Crippen molar-refractivity contribution in [3.05, 3.63) is 24.8 Å². The van der Waals surface area contributed by atoms with E-state index in [9.17, 15) is 9.59 Å². The van der Waals surface area contributed by atoms with Crippen LogP contribution in [-0.2, 0) is 11.3 Å². The summed E-state index contributed by atoms with van der Waals surface area (Å²) in [5, 5.41) is 15.0. The van der Waals surface area contributed by atoms with E-state index in [-0.39, 0.29) is 19.6 Å². The third-order valence-electron chi connectivity index (χ3n) is 2.12. The summed E-state index contributed by atoms with van der Waals surface area (Å²) in [4.78, 5) is 29.0. The molecule has 1 aromatic heterocycles. The quantitative estimate of drug-likeness (QED) is 0.691. The van der Waals surface area contributed by atoms with E-state index in [1.807, 2.05) is 0 Å². The summed E-state index contributed by atoms with van der Waals surface area (Å²) >= 11 is 0. The number of aromatic nitrogens is 3. The van der Waals surface area contributed by atoms with Gasteiger partial charge in [0.15, 0.2) is 0 Å². The molecule has 0 saturated heterocycles. The summed E-state index contributed by atoms with van der Waals surface area (Å²) < 4.78 is 0. The maximum absolute atomic E-state index is 12.0. The molecule has 98 valence electrons. The van der Waals surface area contributed by atoms with Crippen LogP contribution < -0.4 is 0 Å². The van der Waals surface area contributed by atoms with E-state index in [4.69, 9.17) is 5.11 Å². The first-order chi connectivity index (χ1) is 8.54. The van der Waals surface area contributed by atoms with Crippen molar-refractivity contribution >= 4 is 12.0 Å². The van der Waals surface area contributed by atoms with Gasteiger partial charge in [-0.1, -0.05) is 6.08 Å². The Hall–Kier alpha value is -2.38. The van der Waals surface area contributed by atoms with Crippen LogP contribution in [0.25, 0.3) is 0 Å². The molecular weight excluding hydrogens is 238 g/mol. The van der Waals surface area contributed by atoms with Crippen molar-refractivity contribution in [1.29, 1.82) is 0 Å². The van der Waals surface area contributed by atoms with Gasteiger partial charge >= 0.3 is 12.0 Å². The number of carboxylic acids is 1. The fourth-order valence-electron chi connectivity index (χ4n) is 1.37. The first-order valence-electron chi connectivity index (χ1n) is 5.21. The second-order valence-corrected chi connectivity index (χ2v) is 3.63. The van der Waals surface area contributed by atoms with Crippen LogP contribution in [0.15, 0.2) is 19.0 Å². The molecule has 0 spiro atoms. The third-order valence-corrected chi connectivity index (χ3v) is 2.12. The van der Waals surface area contributed by atoms with Crippen LogP contribution in [-0.4, -0.2) is 62.2 Å². The van der Waals surface area contributed by atoms with E-state index >= 15 is 0 Å². The number of carbonyl (C=O) groups is 2. The number of urea groups is 1. The van der Waals surface area contributed by atoms with E-state index in [2.05, 4.69) is 21.8 Å². The highest BCUT2D eigenvalue weighted by atomic mass is 16.4. The molecule has 0 saturated carbocycles. The van der Waals surface area contributed by atoms with Gasteiger partial charge in [-0.3, -0.25) is 9.89 Å². The molecule has 1 heterocycles. The van der Waals surface area contributed by atoms with Crippen molar-refractivity contribution < 1.29 is 14.7 Å². The number of hydrogen-bond acceptors (Lipinski definition) is 4. The summed E-state index contributed by atoms with van der Waals surface area (Å²) in [6.45, 7) is 3.52. The Kier molecular flexibility index (Phi) is 4.85. The lowest BCUT2D eigenvalue weighted by atomic mass is 10.4. The van der Waals surface area contributed by atoms with E-state index in [0.29, 0.717) is 5.82 Å². The number of carboxylic acid groups (broad SMARTS) is 1. The van der Waals surface area contributed by atoms with E-state index < -0.39 is 12.0 Å². The summed E-state index contributed by atoms with van der Waals surface area (Å²) in [5.74, 6) is -0.544. The van der Waals surface area contributed by atoms with Gasteiger partial charge in [0, 0.05) is 13.6 Å². The number of aromatic amines is 1. The van der Waals surface area contributed by atoms with Gasteiger partial charge in [-0.05, 0) is 0 Å². The average Bonchev–Trinajstić information content (AvgIpc) is 2.79. The van der Waals surface area contributed by atoms with Gasteiger partial charge in [0.05, 0.1) is 6.54 Å². The zero-order valence-corrected chi connectivity index (χ0v) is 10.0. The number of hydrogen-bond donors (Lipinski definition) is 2. The van der Waals surface area contributed by atoms with Crippen LogP contribution in [0, 0.1) is 0 Å². The van der Waals surface area contributed by atoms with Crippen molar-refractivity contribution in [2.45, 2.75) is 6.54 Å². The molecule has 0 unspecified atom stereocenters. The zero-order valence-electron chi connectivity index (χ0n) is 10.0. The van der Waals surface area contributed by atoms with E-state index in [1.165, 1.54) is 22.2 Å². The Bertz CT molecular complexity index is 417. The van der Waals surface area contributed by atoms with Gasteiger partial charge in [0.1, 0.15) is 18.7 Å². The van der Waals surface area contributed by atoms with Crippen molar-refractivity contribution in [3.8, 4) is 0 Å². The van der Waals surface area contributed by atoms with Crippen molar-refractivity contribution in [3.63, 3.8) is 0 Å². The number of nitrogens with zero attached hydrogens (tertiary/aromatic N) is 4. The van der Waals surface area contributed by atoms with Crippen LogP contribution in [0.5, 0.6) is 0 Å². The maximum Gasteiger partial charge on any atom is 0.323 e. The normalized spacial score (nSPS) is 9.83. The van der Waals surface area contributed by atoms with Gasteiger partial charge in [-0.25, -0.2) is 9.78 Å². The van der Waals surface area contributed by atoms with Crippen LogP contribution in [0.1, 0.15) is 5.82 Å². The molecule has 1 aromatic rings. The first kappa shape index (κ1) is 13.7. The Balaban J connectivity index is 2.63. The zero-order chi connectivity index (χ0) is 13.5. The molecule has 1 rings (SSSR count). The Morgan fingerprint density at radius 1 is 1.61 bits per heavy atom. The SMILES string of the molecule is C=CCN(CC(=O)O)C(=O)N(C)Cc1ncn[nH]1. The molecule has 0 atom stereocenters. The molecule has 0 aliphatic rings. The Morgan fingerprint density at radius 2 is 2.33 bits per heavy atom. The fraction of sp³-hybridized carbons (Fsp3) is 0.400.